The first-order chi connectivity index (χ1) is 15.4. The van der Waals surface area contributed by atoms with Crippen LogP contribution in [0.2, 0.25) is 0 Å². The smallest absolute Gasteiger partial charge is 0.266 e. The number of hydrogen-bond donors (Lipinski definition) is 3. The summed E-state index contributed by atoms with van der Waals surface area (Å²) in [5.41, 5.74) is 7.19. The van der Waals surface area contributed by atoms with Crippen LogP contribution in [-0.2, 0) is 0 Å². The number of nitrogens with one attached hydrogen (secondary N) is 1. The van der Waals surface area contributed by atoms with Crippen LogP contribution < -0.4 is 24.8 Å². The molecule has 1 aromatic heterocycles. The third-order valence-corrected chi connectivity index (χ3v) is 4.96. The molecule has 0 aliphatic carbocycles. The Labute approximate surface area is 186 Å². The van der Waals surface area contributed by atoms with Crippen LogP contribution in [0.5, 0.6) is 17.2 Å². The van der Waals surface area contributed by atoms with Crippen molar-refractivity contribution >= 4 is 11.6 Å². The molecule has 4 N–H and O–H groups in total. The number of aliphatic hydroxyl groups is 1. The third kappa shape index (κ3) is 5.50. The van der Waals surface area contributed by atoms with Gasteiger partial charge in [-0.05, 0) is 43.3 Å². The number of amides is 1. The number of aliphatic hydroxyl groups excluding tert-OH is 1. The standard InChI is InChI=1S/C23H28N4O5/c1-4-27(16-7-10-20(30-2)21(11-16)31-3)13-17(28)14-32-18-8-5-15(6-9-18)23-25-12-19(26-23)22(24)29/h5-12,17,28H,4,13-14H2,1-3H3,(H2,24,29)(H,25,26). The van der Waals surface area contributed by atoms with Gasteiger partial charge in [-0.1, -0.05) is 0 Å². The fourth-order valence-corrected chi connectivity index (χ4v) is 3.24. The number of ether oxygens (including phenoxy) is 3. The number of benzene rings is 2. The van der Waals surface area contributed by atoms with Crippen LogP contribution in [0.4, 0.5) is 5.69 Å². The van der Waals surface area contributed by atoms with E-state index in [-0.39, 0.29) is 12.3 Å². The quantitative estimate of drug-likeness (QED) is 0.418. The maximum atomic E-state index is 11.2. The molecule has 0 aliphatic rings. The first-order valence-corrected chi connectivity index (χ1v) is 10.2. The molecule has 1 heterocycles. The number of carbonyl (C=O) groups excluding carboxylic acids is 1. The molecule has 9 heteroatoms. The molecule has 0 saturated heterocycles. The number of likely N-dealkylation sites (N-methyl/N-ethyl adjacent to an activating group) is 1. The predicted molar refractivity (Wildman–Crippen MR) is 121 cm³/mol. The number of rotatable bonds is 11. The van der Waals surface area contributed by atoms with Crippen molar-refractivity contribution in [2.24, 2.45) is 5.73 Å². The molecule has 0 spiro atoms. The second kappa shape index (κ2) is 10.5. The van der Waals surface area contributed by atoms with Crippen LogP contribution in [0.25, 0.3) is 11.4 Å². The zero-order valence-electron chi connectivity index (χ0n) is 18.4. The van der Waals surface area contributed by atoms with Gasteiger partial charge >= 0.3 is 0 Å². The molecule has 1 atom stereocenters. The van der Waals surface area contributed by atoms with Crippen molar-refractivity contribution in [1.29, 1.82) is 0 Å². The summed E-state index contributed by atoms with van der Waals surface area (Å²) in [4.78, 5) is 20.2. The van der Waals surface area contributed by atoms with Gasteiger partial charge in [-0.3, -0.25) is 4.79 Å². The Morgan fingerprint density at radius 1 is 1.16 bits per heavy atom. The van der Waals surface area contributed by atoms with Crippen molar-refractivity contribution in [3.63, 3.8) is 0 Å². The molecule has 2 aromatic carbocycles. The minimum atomic E-state index is -0.703. The van der Waals surface area contributed by atoms with E-state index in [1.54, 1.807) is 26.4 Å². The highest BCUT2D eigenvalue weighted by molar-refractivity contribution is 5.91. The molecular formula is C23H28N4O5. The van der Waals surface area contributed by atoms with Gasteiger partial charge in [-0.25, -0.2) is 4.98 Å². The van der Waals surface area contributed by atoms with Gasteiger partial charge in [-0.15, -0.1) is 0 Å². The Hall–Kier alpha value is -3.72. The van der Waals surface area contributed by atoms with Gasteiger partial charge in [0.25, 0.3) is 5.91 Å². The lowest BCUT2D eigenvalue weighted by atomic mass is 10.2. The van der Waals surface area contributed by atoms with E-state index < -0.39 is 12.0 Å². The van der Waals surface area contributed by atoms with Crippen molar-refractivity contribution in [3.05, 3.63) is 54.4 Å². The highest BCUT2D eigenvalue weighted by atomic mass is 16.5. The highest BCUT2D eigenvalue weighted by Crippen LogP contribution is 2.31. The fraction of sp³-hybridized carbons (Fsp3) is 0.304. The maximum Gasteiger partial charge on any atom is 0.266 e. The monoisotopic (exact) mass is 440 g/mol. The molecule has 0 aliphatic heterocycles. The Bertz CT molecular complexity index is 1040. The van der Waals surface area contributed by atoms with Gasteiger partial charge in [0.1, 0.15) is 30.0 Å². The Kier molecular flexibility index (Phi) is 7.56. The molecule has 0 saturated carbocycles. The normalized spacial score (nSPS) is 11.6. The summed E-state index contributed by atoms with van der Waals surface area (Å²) in [6.07, 6.45) is 0.696. The van der Waals surface area contributed by atoms with E-state index in [2.05, 4.69) is 9.97 Å². The Morgan fingerprint density at radius 2 is 1.88 bits per heavy atom. The molecular weight excluding hydrogens is 412 g/mol. The summed E-state index contributed by atoms with van der Waals surface area (Å²) < 4.78 is 16.4. The number of primary amides is 1. The third-order valence-electron chi connectivity index (χ3n) is 4.96. The Morgan fingerprint density at radius 3 is 2.47 bits per heavy atom. The summed E-state index contributed by atoms with van der Waals surface area (Å²) in [6.45, 7) is 3.25. The molecule has 0 bridgehead atoms. The molecule has 3 rings (SSSR count). The minimum absolute atomic E-state index is 0.135. The van der Waals surface area contributed by atoms with E-state index >= 15 is 0 Å². The summed E-state index contributed by atoms with van der Waals surface area (Å²) >= 11 is 0. The number of aromatic amines is 1. The summed E-state index contributed by atoms with van der Waals surface area (Å²) in [5, 5.41) is 10.5. The second-order valence-electron chi connectivity index (χ2n) is 7.08. The van der Waals surface area contributed by atoms with Crippen molar-refractivity contribution in [2.45, 2.75) is 13.0 Å². The van der Waals surface area contributed by atoms with Gasteiger partial charge < -0.3 is 34.9 Å². The number of anilines is 1. The number of hydrogen-bond acceptors (Lipinski definition) is 7. The average Bonchev–Trinajstić information content (AvgIpc) is 3.32. The largest absolute Gasteiger partial charge is 0.493 e. The summed E-state index contributed by atoms with van der Waals surface area (Å²) in [5.74, 6) is 1.88. The maximum absolute atomic E-state index is 11.2. The Balaban J connectivity index is 1.57. The predicted octanol–water partition coefficient (Wildman–Crippen LogP) is 2.46. The second-order valence-corrected chi connectivity index (χ2v) is 7.08. The molecule has 0 fully saturated rings. The number of imidazole rings is 1. The number of aromatic nitrogens is 2. The molecule has 1 unspecified atom stereocenters. The lowest BCUT2D eigenvalue weighted by Gasteiger charge is -2.26. The van der Waals surface area contributed by atoms with Crippen LogP contribution in [0.15, 0.2) is 48.7 Å². The fourth-order valence-electron chi connectivity index (χ4n) is 3.24. The lowest BCUT2D eigenvalue weighted by Crippen LogP contribution is -2.35. The molecule has 1 amide bonds. The van der Waals surface area contributed by atoms with E-state index in [0.29, 0.717) is 36.2 Å². The van der Waals surface area contributed by atoms with Gasteiger partial charge in [-0.2, -0.15) is 0 Å². The lowest BCUT2D eigenvalue weighted by molar-refractivity contribution is 0.0996. The summed E-state index contributed by atoms with van der Waals surface area (Å²) in [6, 6.07) is 12.8. The zero-order valence-corrected chi connectivity index (χ0v) is 18.4. The molecule has 9 nitrogen and oxygen atoms in total. The molecule has 0 radical (unpaired) electrons. The van der Waals surface area contributed by atoms with Gasteiger partial charge in [0.05, 0.1) is 20.4 Å². The first-order valence-electron chi connectivity index (χ1n) is 10.2. The number of nitrogens with two attached hydrogens (primary N) is 1. The first kappa shape index (κ1) is 23.0. The van der Waals surface area contributed by atoms with E-state index in [9.17, 15) is 9.90 Å². The van der Waals surface area contributed by atoms with Gasteiger partial charge in [0.15, 0.2) is 11.5 Å². The van der Waals surface area contributed by atoms with Crippen molar-refractivity contribution in [1.82, 2.24) is 9.97 Å². The van der Waals surface area contributed by atoms with Crippen LogP contribution in [-0.4, -0.2) is 61.0 Å². The minimum Gasteiger partial charge on any atom is -0.493 e. The molecule has 32 heavy (non-hydrogen) atoms. The van der Waals surface area contributed by atoms with Crippen LogP contribution in [0, 0.1) is 0 Å². The zero-order chi connectivity index (χ0) is 23.1. The number of carbonyl (C=O) groups is 1. The van der Waals surface area contributed by atoms with E-state index in [4.69, 9.17) is 19.9 Å². The highest BCUT2D eigenvalue weighted by Gasteiger charge is 2.15. The average molecular weight is 441 g/mol. The SMILES string of the molecule is CCN(CC(O)COc1ccc(-c2ncc(C(N)=O)[nH]2)cc1)c1ccc(OC)c(OC)c1. The van der Waals surface area contributed by atoms with Crippen LogP contribution in [0.3, 0.4) is 0 Å². The number of nitrogens with zero attached hydrogens (tertiary/aromatic N) is 2. The number of H-pyrrole nitrogens is 1. The number of methoxy groups -OCH3 is 2. The van der Waals surface area contributed by atoms with E-state index in [1.807, 2.05) is 42.2 Å². The summed E-state index contributed by atoms with van der Waals surface area (Å²) in [7, 11) is 3.18. The van der Waals surface area contributed by atoms with Crippen molar-refractivity contribution < 1.29 is 24.1 Å². The van der Waals surface area contributed by atoms with Crippen LogP contribution in [0.1, 0.15) is 17.4 Å². The van der Waals surface area contributed by atoms with Gasteiger partial charge in [0.2, 0.25) is 0 Å². The van der Waals surface area contributed by atoms with Crippen molar-refractivity contribution in [2.75, 3.05) is 38.8 Å². The van der Waals surface area contributed by atoms with E-state index in [1.165, 1.54) is 6.20 Å². The molecule has 3 aromatic rings. The van der Waals surface area contributed by atoms with E-state index in [0.717, 1.165) is 11.3 Å². The topological polar surface area (TPSA) is 123 Å². The van der Waals surface area contributed by atoms with Gasteiger partial charge in [0, 0.05) is 30.4 Å². The van der Waals surface area contributed by atoms with Crippen LogP contribution >= 0.6 is 0 Å². The molecule has 170 valence electrons. The van der Waals surface area contributed by atoms with Crippen molar-refractivity contribution in [3.8, 4) is 28.6 Å².